The molecule has 0 heterocycles. The Morgan fingerprint density at radius 1 is 0.554 bits per heavy atom. The molecule has 0 bridgehead atoms. The molecule has 56 heavy (non-hydrogen) atoms. The van der Waals surface area contributed by atoms with E-state index in [-0.39, 0.29) is 26.1 Å². The van der Waals surface area contributed by atoms with Crippen molar-refractivity contribution >= 4 is 19.8 Å². The first-order valence-corrected chi connectivity index (χ1v) is 24.2. The van der Waals surface area contributed by atoms with Gasteiger partial charge in [-0.25, -0.2) is 4.57 Å². The lowest BCUT2D eigenvalue weighted by atomic mass is 10.0. The van der Waals surface area contributed by atoms with Crippen LogP contribution in [0.2, 0.25) is 0 Å². The standard InChI is InChI=1S/C46H86NO8P/c1-6-8-10-12-14-16-18-20-22-23-25-26-28-30-32-34-36-38-45(48)52-42-44(43-54-56(50,51)53-41-40-47(3,4)5)55-46(49)39-37-35-33-31-29-27-24-21-19-17-15-13-11-9-7-2/h20,22,25-26,30,32,44H,6-19,21,23-24,27-29,31,33-43H2,1-5H3/p+1/b22-20-,26-25-,32-30-/t44-/m1/s1. The lowest BCUT2D eigenvalue weighted by Crippen LogP contribution is -2.37. The van der Waals surface area contributed by atoms with Crippen molar-refractivity contribution in [3.8, 4) is 0 Å². The van der Waals surface area contributed by atoms with E-state index in [9.17, 15) is 19.0 Å². The summed E-state index contributed by atoms with van der Waals surface area (Å²) in [4.78, 5) is 35.4. The predicted molar refractivity (Wildman–Crippen MR) is 234 cm³/mol. The summed E-state index contributed by atoms with van der Waals surface area (Å²) in [7, 11) is 1.45. The molecule has 0 fully saturated rings. The van der Waals surface area contributed by atoms with Crippen LogP contribution in [-0.4, -0.2) is 74.9 Å². The fourth-order valence-corrected chi connectivity index (χ4v) is 6.83. The highest BCUT2D eigenvalue weighted by atomic mass is 31.2. The average molecular weight is 813 g/mol. The SMILES string of the molecule is CCCCCCCC/C=C\C/C=C\C/C=C\CCCC(=O)OC[C@H](COP(=O)(O)OCC[N+](C)(C)C)OC(=O)CCCCCCCCCCCCCCCCC. The summed E-state index contributed by atoms with van der Waals surface area (Å²) < 4.78 is 34.3. The summed E-state index contributed by atoms with van der Waals surface area (Å²) in [5.41, 5.74) is 0. The van der Waals surface area contributed by atoms with E-state index in [1.165, 1.54) is 122 Å². The van der Waals surface area contributed by atoms with Crippen molar-refractivity contribution < 1.29 is 42.1 Å². The Labute approximate surface area is 344 Å². The van der Waals surface area contributed by atoms with E-state index in [1.54, 1.807) is 0 Å². The van der Waals surface area contributed by atoms with Crippen LogP contribution in [0.1, 0.15) is 194 Å². The summed E-state index contributed by atoms with van der Waals surface area (Å²) in [6.45, 7) is 4.37. The van der Waals surface area contributed by atoms with Crippen molar-refractivity contribution in [1.29, 1.82) is 0 Å². The minimum Gasteiger partial charge on any atom is -0.462 e. The van der Waals surface area contributed by atoms with E-state index in [2.05, 4.69) is 50.3 Å². The van der Waals surface area contributed by atoms with Gasteiger partial charge in [0.25, 0.3) is 0 Å². The number of quaternary nitrogens is 1. The summed E-state index contributed by atoms with van der Waals surface area (Å²) in [5, 5.41) is 0. The first-order chi connectivity index (χ1) is 27.0. The van der Waals surface area contributed by atoms with Gasteiger partial charge >= 0.3 is 19.8 Å². The lowest BCUT2D eigenvalue weighted by molar-refractivity contribution is -0.870. The molecule has 0 radical (unpaired) electrons. The number of likely N-dealkylation sites (N-methyl/N-ethyl adjacent to an activating group) is 1. The Balaban J connectivity index is 4.41. The second-order valence-electron chi connectivity index (χ2n) is 16.4. The molecule has 0 spiro atoms. The van der Waals surface area contributed by atoms with Gasteiger partial charge in [0.15, 0.2) is 6.10 Å². The molecule has 0 aromatic rings. The molecule has 0 rings (SSSR count). The Hall–Kier alpha value is -1.77. The van der Waals surface area contributed by atoms with E-state index in [4.69, 9.17) is 18.5 Å². The number of carbonyl (C=O) groups excluding carboxylic acids is 2. The van der Waals surface area contributed by atoms with Gasteiger partial charge < -0.3 is 18.9 Å². The maximum absolute atomic E-state index is 12.7. The second-order valence-corrected chi connectivity index (χ2v) is 17.9. The largest absolute Gasteiger partial charge is 0.472 e. The zero-order valence-electron chi connectivity index (χ0n) is 36.9. The number of nitrogens with zero attached hydrogens (tertiary/aromatic N) is 1. The Morgan fingerprint density at radius 2 is 0.982 bits per heavy atom. The quantitative estimate of drug-likeness (QED) is 0.0214. The van der Waals surface area contributed by atoms with E-state index in [0.717, 1.165) is 32.1 Å². The molecule has 0 aliphatic carbocycles. The van der Waals surface area contributed by atoms with Gasteiger partial charge in [0, 0.05) is 12.8 Å². The minimum absolute atomic E-state index is 0.0251. The van der Waals surface area contributed by atoms with Crippen LogP contribution in [0.4, 0.5) is 0 Å². The molecular formula is C46H87NO8P+. The van der Waals surface area contributed by atoms with Crippen molar-refractivity contribution in [3.05, 3.63) is 36.5 Å². The number of rotatable bonds is 41. The van der Waals surface area contributed by atoms with Crippen LogP contribution in [0.5, 0.6) is 0 Å². The highest BCUT2D eigenvalue weighted by molar-refractivity contribution is 7.47. The molecule has 1 N–H and O–H groups in total. The normalized spacial score (nSPS) is 13.9. The van der Waals surface area contributed by atoms with E-state index < -0.39 is 32.5 Å². The van der Waals surface area contributed by atoms with Crippen LogP contribution in [0.3, 0.4) is 0 Å². The van der Waals surface area contributed by atoms with Crippen LogP contribution in [0.15, 0.2) is 36.5 Å². The number of hydrogen-bond donors (Lipinski definition) is 1. The molecule has 1 unspecified atom stereocenters. The molecule has 328 valence electrons. The van der Waals surface area contributed by atoms with Crippen molar-refractivity contribution in [2.24, 2.45) is 0 Å². The third-order valence-electron chi connectivity index (χ3n) is 9.67. The molecule has 10 heteroatoms. The summed E-state index contributed by atoms with van der Waals surface area (Å²) in [5.74, 6) is -0.854. The number of ether oxygens (including phenoxy) is 2. The maximum atomic E-state index is 12.7. The summed E-state index contributed by atoms with van der Waals surface area (Å²) in [6, 6.07) is 0. The molecule has 0 saturated heterocycles. The number of allylic oxidation sites excluding steroid dienone is 6. The third kappa shape index (κ3) is 41.9. The minimum atomic E-state index is -4.38. The second kappa shape index (κ2) is 38.7. The Kier molecular flexibility index (Phi) is 37.5. The fraction of sp³-hybridized carbons (Fsp3) is 0.826. The highest BCUT2D eigenvalue weighted by Crippen LogP contribution is 2.43. The van der Waals surface area contributed by atoms with Crippen LogP contribution in [0, 0.1) is 0 Å². The molecule has 0 aromatic heterocycles. The zero-order chi connectivity index (χ0) is 41.4. The first kappa shape index (κ1) is 54.2. The van der Waals surface area contributed by atoms with E-state index in [1.807, 2.05) is 21.1 Å². The van der Waals surface area contributed by atoms with Gasteiger partial charge in [-0.05, 0) is 44.9 Å². The van der Waals surface area contributed by atoms with Crippen molar-refractivity contribution in [1.82, 2.24) is 0 Å². The predicted octanol–water partition coefficient (Wildman–Crippen LogP) is 12.9. The van der Waals surface area contributed by atoms with Crippen LogP contribution < -0.4 is 0 Å². The fourth-order valence-electron chi connectivity index (χ4n) is 6.09. The molecule has 0 aromatic carbocycles. The van der Waals surface area contributed by atoms with Crippen molar-refractivity contribution in [2.45, 2.75) is 200 Å². The summed E-state index contributed by atoms with van der Waals surface area (Å²) >= 11 is 0. The van der Waals surface area contributed by atoms with Gasteiger partial charge in [-0.3, -0.25) is 18.6 Å². The van der Waals surface area contributed by atoms with Gasteiger partial charge in [0.05, 0.1) is 27.7 Å². The Bertz CT molecular complexity index is 1050. The van der Waals surface area contributed by atoms with Crippen molar-refractivity contribution in [2.75, 3.05) is 47.5 Å². The molecule has 9 nitrogen and oxygen atoms in total. The zero-order valence-corrected chi connectivity index (χ0v) is 37.8. The van der Waals surface area contributed by atoms with E-state index >= 15 is 0 Å². The van der Waals surface area contributed by atoms with Gasteiger partial charge in [0.1, 0.15) is 19.8 Å². The van der Waals surface area contributed by atoms with Crippen LogP contribution in [0.25, 0.3) is 0 Å². The molecule has 0 aliphatic rings. The molecule has 0 aliphatic heterocycles. The average Bonchev–Trinajstić information content (AvgIpc) is 3.15. The van der Waals surface area contributed by atoms with Gasteiger partial charge in [-0.15, -0.1) is 0 Å². The Morgan fingerprint density at radius 3 is 1.48 bits per heavy atom. The summed E-state index contributed by atoms with van der Waals surface area (Å²) in [6.07, 6.45) is 43.4. The number of phosphoric acid groups is 1. The number of carbonyl (C=O) groups is 2. The number of hydrogen-bond acceptors (Lipinski definition) is 7. The van der Waals surface area contributed by atoms with E-state index in [0.29, 0.717) is 23.9 Å². The van der Waals surface area contributed by atoms with Crippen molar-refractivity contribution in [3.63, 3.8) is 0 Å². The monoisotopic (exact) mass is 813 g/mol. The third-order valence-corrected chi connectivity index (χ3v) is 10.7. The van der Waals surface area contributed by atoms with Crippen LogP contribution >= 0.6 is 7.82 Å². The maximum Gasteiger partial charge on any atom is 0.472 e. The highest BCUT2D eigenvalue weighted by Gasteiger charge is 2.27. The van der Waals surface area contributed by atoms with Crippen LogP contribution in [-0.2, 0) is 32.7 Å². The van der Waals surface area contributed by atoms with Gasteiger partial charge in [0.2, 0.25) is 0 Å². The number of esters is 2. The topological polar surface area (TPSA) is 108 Å². The van der Waals surface area contributed by atoms with Gasteiger partial charge in [-0.2, -0.15) is 0 Å². The molecule has 2 atom stereocenters. The smallest absolute Gasteiger partial charge is 0.462 e. The molecular weight excluding hydrogens is 725 g/mol. The van der Waals surface area contributed by atoms with Gasteiger partial charge in [-0.1, -0.05) is 172 Å². The lowest BCUT2D eigenvalue weighted by Gasteiger charge is -2.24. The first-order valence-electron chi connectivity index (χ1n) is 22.7. The molecule has 0 amide bonds. The number of unbranched alkanes of at least 4 members (excludes halogenated alkanes) is 21. The number of phosphoric ester groups is 1. The molecule has 0 saturated carbocycles.